The second-order valence-corrected chi connectivity index (χ2v) is 7.52. The Labute approximate surface area is 170 Å². The molecule has 0 aliphatic heterocycles. The van der Waals surface area contributed by atoms with Gasteiger partial charge in [-0.15, -0.1) is 0 Å². The first-order chi connectivity index (χ1) is 13.4. The van der Waals surface area contributed by atoms with Gasteiger partial charge in [0.1, 0.15) is 0 Å². The zero-order valence-corrected chi connectivity index (χ0v) is 16.3. The van der Waals surface area contributed by atoms with Crippen LogP contribution in [0, 0.1) is 0 Å². The fourth-order valence-corrected chi connectivity index (χ4v) is 3.66. The summed E-state index contributed by atoms with van der Waals surface area (Å²) in [5.74, 6) is -1.83. The van der Waals surface area contributed by atoms with Gasteiger partial charge >= 0.3 is 5.97 Å². The number of nitrogens with zero attached hydrogens (tertiary/aromatic N) is 1. The Balaban J connectivity index is 2.03. The molecule has 1 N–H and O–H groups in total. The normalized spacial score (nSPS) is 12.4. The molecular weight excluding hydrogens is 397 g/mol. The van der Waals surface area contributed by atoms with E-state index in [0.29, 0.717) is 32.2 Å². The lowest BCUT2D eigenvalue weighted by Crippen LogP contribution is -2.12. The average Bonchev–Trinajstić information content (AvgIpc) is 3.00. The van der Waals surface area contributed by atoms with Crippen LogP contribution in [0.5, 0.6) is 0 Å². The number of fused-ring (bicyclic) bond motifs is 3. The number of hydrogen-bond donors (Lipinski definition) is 1. The lowest BCUT2D eigenvalue weighted by molar-refractivity contribution is -0.138. The third kappa shape index (κ3) is 3.05. The van der Waals surface area contributed by atoms with E-state index in [4.69, 9.17) is 23.2 Å². The second kappa shape index (κ2) is 6.97. The molecule has 0 amide bonds. The Kier molecular flexibility index (Phi) is 4.61. The van der Waals surface area contributed by atoms with Crippen LogP contribution >= 0.6 is 23.2 Å². The summed E-state index contributed by atoms with van der Waals surface area (Å²) < 4.78 is 1.60. The SMILES string of the molecule is C[C@H](C(=O)O)c1ccc2c3cc(Cl)ccc3n(C(=O)c3ccc(Cl)cc3)c2c1. The minimum atomic E-state index is -0.922. The molecule has 0 aliphatic carbocycles. The monoisotopic (exact) mass is 411 g/mol. The highest BCUT2D eigenvalue weighted by molar-refractivity contribution is 6.32. The van der Waals surface area contributed by atoms with E-state index in [1.165, 1.54) is 0 Å². The minimum Gasteiger partial charge on any atom is -0.481 e. The second-order valence-electron chi connectivity index (χ2n) is 6.65. The van der Waals surface area contributed by atoms with Gasteiger partial charge in [0.2, 0.25) is 0 Å². The molecule has 4 nitrogen and oxygen atoms in total. The molecule has 28 heavy (non-hydrogen) atoms. The summed E-state index contributed by atoms with van der Waals surface area (Å²) in [4.78, 5) is 24.7. The standard InChI is InChI=1S/C22H15Cl2NO3/c1-12(22(27)28)14-4-8-17-18-11-16(24)7-9-19(18)25(20(17)10-14)21(26)13-2-5-15(23)6-3-13/h2-12H,1H3,(H,27,28)/t12-/m0/s1. The number of carboxylic acid groups (broad SMARTS) is 1. The zero-order chi connectivity index (χ0) is 20.0. The number of carboxylic acids is 1. The van der Waals surface area contributed by atoms with Crippen LogP contribution in [0.3, 0.4) is 0 Å². The number of halogens is 2. The number of aromatic nitrogens is 1. The first kappa shape index (κ1) is 18.5. The topological polar surface area (TPSA) is 59.3 Å². The zero-order valence-electron chi connectivity index (χ0n) is 14.8. The number of benzene rings is 3. The molecule has 0 bridgehead atoms. The quantitative estimate of drug-likeness (QED) is 0.451. The van der Waals surface area contributed by atoms with E-state index in [-0.39, 0.29) is 5.91 Å². The van der Waals surface area contributed by atoms with Crippen molar-refractivity contribution in [1.82, 2.24) is 4.57 Å². The van der Waals surface area contributed by atoms with E-state index in [9.17, 15) is 14.7 Å². The summed E-state index contributed by atoms with van der Waals surface area (Å²) in [6.45, 7) is 1.62. The smallest absolute Gasteiger partial charge is 0.310 e. The lowest BCUT2D eigenvalue weighted by atomic mass is 10.00. The number of aliphatic carboxylic acids is 1. The lowest BCUT2D eigenvalue weighted by Gasteiger charge is -2.09. The molecule has 1 atom stereocenters. The number of carbonyl (C=O) groups excluding carboxylic acids is 1. The van der Waals surface area contributed by atoms with Gasteiger partial charge in [-0.3, -0.25) is 14.2 Å². The third-order valence-corrected chi connectivity index (χ3v) is 5.40. The summed E-state index contributed by atoms with van der Waals surface area (Å²) in [6.07, 6.45) is 0. The summed E-state index contributed by atoms with van der Waals surface area (Å²) >= 11 is 12.1. The highest BCUT2D eigenvalue weighted by Crippen LogP contribution is 2.33. The van der Waals surface area contributed by atoms with Gasteiger partial charge in [-0.05, 0) is 61.0 Å². The molecule has 140 valence electrons. The molecular formula is C22H15Cl2NO3. The maximum absolute atomic E-state index is 13.3. The molecule has 0 saturated heterocycles. The molecule has 1 heterocycles. The predicted molar refractivity (Wildman–Crippen MR) is 112 cm³/mol. The molecule has 4 rings (SSSR count). The number of rotatable bonds is 3. The van der Waals surface area contributed by atoms with Gasteiger partial charge in [-0.25, -0.2) is 0 Å². The summed E-state index contributed by atoms with van der Waals surface area (Å²) in [5, 5.41) is 12.1. The largest absolute Gasteiger partial charge is 0.481 e. The van der Waals surface area contributed by atoms with E-state index in [0.717, 1.165) is 10.8 Å². The molecule has 0 fully saturated rings. The van der Waals surface area contributed by atoms with Crippen molar-refractivity contribution in [2.24, 2.45) is 0 Å². The Morgan fingerprint density at radius 3 is 2.21 bits per heavy atom. The van der Waals surface area contributed by atoms with Crippen LogP contribution in [-0.2, 0) is 4.79 Å². The van der Waals surface area contributed by atoms with E-state index in [1.54, 1.807) is 60.0 Å². The predicted octanol–water partition coefficient (Wildman–Crippen LogP) is 5.98. The maximum Gasteiger partial charge on any atom is 0.310 e. The van der Waals surface area contributed by atoms with Crippen molar-refractivity contribution in [3.05, 3.63) is 81.8 Å². The van der Waals surface area contributed by atoms with Crippen LogP contribution in [0.25, 0.3) is 21.8 Å². The number of carbonyl (C=O) groups is 2. The van der Waals surface area contributed by atoms with Gasteiger partial charge in [0, 0.05) is 26.4 Å². The Morgan fingerprint density at radius 1 is 0.857 bits per heavy atom. The van der Waals surface area contributed by atoms with Gasteiger partial charge in [0.25, 0.3) is 5.91 Å². The van der Waals surface area contributed by atoms with Crippen molar-refractivity contribution in [1.29, 1.82) is 0 Å². The summed E-state index contributed by atoms with van der Waals surface area (Å²) in [5.41, 5.74) is 2.45. The fraction of sp³-hybridized carbons (Fsp3) is 0.0909. The van der Waals surface area contributed by atoms with Crippen LogP contribution in [0.1, 0.15) is 28.8 Å². The van der Waals surface area contributed by atoms with Gasteiger partial charge in [0.05, 0.1) is 17.0 Å². The van der Waals surface area contributed by atoms with Crippen LogP contribution in [0.4, 0.5) is 0 Å². The highest BCUT2D eigenvalue weighted by Gasteiger charge is 2.20. The first-order valence-electron chi connectivity index (χ1n) is 8.63. The highest BCUT2D eigenvalue weighted by atomic mass is 35.5. The van der Waals surface area contributed by atoms with Crippen molar-refractivity contribution >= 4 is 56.9 Å². The molecule has 0 aliphatic rings. The van der Waals surface area contributed by atoms with E-state index < -0.39 is 11.9 Å². The van der Waals surface area contributed by atoms with E-state index >= 15 is 0 Å². The molecule has 0 radical (unpaired) electrons. The van der Waals surface area contributed by atoms with Gasteiger partial charge < -0.3 is 5.11 Å². The molecule has 3 aromatic carbocycles. The van der Waals surface area contributed by atoms with Crippen LogP contribution in [0.15, 0.2) is 60.7 Å². The molecule has 0 unspecified atom stereocenters. The summed E-state index contributed by atoms with van der Waals surface area (Å²) in [7, 11) is 0. The van der Waals surface area contributed by atoms with Crippen molar-refractivity contribution in [3.8, 4) is 0 Å². The molecule has 4 aromatic rings. The van der Waals surface area contributed by atoms with Crippen LogP contribution < -0.4 is 0 Å². The van der Waals surface area contributed by atoms with Gasteiger partial charge in [-0.1, -0.05) is 35.3 Å². The van der Waals surface area contributed by atoms with Crippen molar-refractivity contribution in [2.45, 2.75) is 12.8 Å². The average molecular weight is 412 g/mol. The van der Waals surface area contributed by atoms with Crippen LogP contribution in [-0.4, -0.2) is 21.6 Å². The fourth-order valence-electron chi connectivity index (χ4n) is 3.36. The first-order valence-corrected chi connectivity index (χ1v) is 9.39. The molecule has 0 saturated carbocycles. The van der Waals surface area contributed by atoms with E-state index in [1.807, 2.05) is 12.1 Å². The number of hydrogen-bond acceptors (Lipinski definition) is 2. The van der Waals surface area contributed by atoms with Crippen molar-refractivity contribution in [3.63, 3.8) is 0 Å². The Morgan fingerprint density at radius 2 is 1.54 bits per heavy atom. The van der Waals surface area contributed by atoms with Gasteiger partial charge in [-0.2, -0.15) is 0 Å². The Bertz CT molecular complexity index is 1240. The summed E-state index contributed by atoms with van der Waals surface area (Å²) in [6, 6.07) is 17.4. The van der Waals surface area contributed by atoms with Crippen LogP contribution in [0.2, 0.25) is 10.0 Å². The molecule has 0 spiro atoms. The maximum atomic E-state index is 13.3. The molecule has 1 aromatic heterocycles. The molecule has 6 heteroatoms. The van der Waals surface area contributed by atoms with Crippen molar-refractivity contribution < 1.29 is 14.7 Å². The third-order valence-electron chi connectivity index (χ3n) is 4.92. The minimum absolute atomic E-state index is 0.223. The Hall–Kier alpha value is -2.82. The van der Waals surface area contributed by atoms with E-state index in [2.05, 4.69) is 0 Å². The van der Waals surface area contributed by atoms with Crippen molar-refractivity contribution in [2.75, 3.05) is 0 Å². The van der Waals surface area contributed by atoms with Gasteiger partial charge in [0.15, 0.2) is 0 Å².